The summed E-state index contributed by atoms with van der Waals surface area (Å²) in [5.74, 6) is 1.38. The Bertz CT molecular complexity index is 544. The predicted octanol–water partition coefficient (Wildman–Crippen LogP) is 4.53. The third kappa shape index (κ3) is 3.26. The highest BCUT2D eigenvalue weighted by Crippen LogP contribution is 2.37. The summed E-state index contributed by atoms with van der Waals surface area (Å²) in [5, 5.41) is 0. The third-order valence-corrected chi connectivity index (χ3v) is 5.29. The quantitative estimate of drug-likeness (QED) is 0.731. The Labute approximate surface area is 134 Å². The van der Waals surface area contributed by atoms with Crippen molar-refractivity contribution in [3.05, 3.63) is 47.5 Å². The number of nitrogens with zero attached hydrogens (tertiary/aromatic N) is 1. The van der Waals surface area contributed by atoms with E-state index in [1.807, 2.05) is 6.08 Å². The first-order valence-electron chi connectivity index (χ1n) is 8.74. The molecule has 1 aromatic carbocycles. The molecule has 1 amide bonds. The van der Waals surface area contributed by atoms with Crippen LogP contribution in [0, 0.1) is 5.92 Å². The smallest absolute Gasteiger partial charge is 0.246 e. The Morgan fingerprint density at radius 1 is 1.27 bits per heavy atom. The summed E-state index contributed by atoms with van der Waals surface area (Å²) in [6, 6.07) is 11.1. The third-order valence-electron chi connectivity index (χ3n) is 5.29. The highest BCUT2D eigenvalue weighted by molar-refractivity contribution is 5.89. The molecule has 0 bridgehead atoms. The number of carbonyl (C=O) groups is 1. The van der Waals surface area contributed by atoms with Gasteiger partial charge in [-0.05, 0) is 50.5 Å². The van der Waals surface area contributed by atoms with Crippen molar-refractivity contribution in [3.63, 3.8) is 0 Å². The van der Waals surface area contributed by atoms with Gasteiger partial charge in [0.2, 0.25) is 5.91 Å². The van der Waals surface area contributed by atoms with Crippen molar-refractivity contribution in [2.45, 2.75) is 57.9 Å². The van der Waals surface area contributed by atoms with E-state index in [1.165, 1.54) is 24.0 Å². The lowest BCUT2D eigenvalue weighted by molar-refractivity contribution is -0.127. The van der Waals surface area contributed by atoms with Crippen LogP contribution in [-0.4, -0.2) is 23.4 Å². The van der Waals surface area contributed by atoms with E-state index in [0.29, 0.717) is 17.9 Å². The van der Waals surface area contributed by atoms with E-state index < -0.39 is 0 Å². The van der Waals surface area contributed by atoms with Crippen molar-refractivity contribution < 1.29 is 4.79 Å². The van der Waals surface area contributed by atoms with Gasteiger partial charge in [0.05, 0.1) is 0 Å². The number of benzene rings is 1. The van der Waals surface area contributed by atoms with Crippen LogP contribution >= 0.6 is 0 Å². The average molecular weight is 297 g/mol. The van der Waals surface area contributed by atoms with Crippen molar-refractivity contribution in [2.24, 2.45) is 5.92 Å². The first-order chi connectivity index (χ1) is 10.7. The molecule has 0 spiro atoms. The minimum atomic E-state index is 0.237. The fourth-order valence-electron chi connectivity index (χ4n) is 3.85. The summed E-state index contributed by atoms with van der Waals surface area (Å²) in [6.45, 7) is 5.28. The Hall–Kier alpha value is -1.57. The van der Waals surface area contributed by atoms with Gasteiger partial charge in [-0.2, -0.15) is 0 Å². The van der Waals surface area contributed by atoms with E-state index in [9.17, 15) is 4.79 Å². The standard InChI is InChI=1S/C20H27NO/c1-3-18(17-8-5-4-6-9-17)19-10-7-13-21(19)20(22)14-15(2)16-11-12-16/h4-6,8-9,14,16,18-19H,3,7,10-13H2,1-2H3/b15-14+. The van der Waals surface area contributed by atoms with Crippen molar-refractivity contribution in [3.8, 4) is 0 Å². The lowest BCUT2D eigenvalue weighted by atomic mass is 9.87. The second-order valence-electron chi connectivity index (χ2n) is 6.83. The molecule has 2 nitrogen and oxygen atoms in total. The van der Waals surface area contributed by atoms with Crippen LogP contribution in [0.4, 0.5) is 0 Å². The van der Waals surface area contributed by atoms with E-state index >= 15 is 0 Å². The largest absolute Gasteiger partial charge is 0.336 e. The van der Waals surface area contributed by atoms with Crippen molar-refractivity contribution in [1.82, 2.24) is 4.90 Å². The number of carbonyl (C=O) groups excluding carboxylic acids is 1. The summed E-state index contributed by atoms with van der Waals surface area (Å²) in [6.07, 6.45) is 7.80. The van der Waals surface area contributed by atoms with Crippen LogP contribution in [0.2, 0.25) is 0 Å². The normalized spacial score (nSPS) is 23.6. The minimum Gasteiger partial charge on any atom is -0.336 e. The molecule has 0 N–H and O–H groups in total. The fourth-order valence-corrected chi connectivity index (χ4v) is 3.85. The number of allylic oxidation sites excluding steroid dienone is 1. The number of likely N-dealkylation sites (tertiary alicyclic amines) is 1. The van der Waals surface area contributed by atoms with Gasteiger partial charge in [-0.1, -0.05) is 42.8 Å². The van der Waals surface area contributed by atoms with Gasteiger partial charge in [0.1, 0.15) is 0 Å². The van der Waals surface area contributed by atoms with Gasteiger partial charge >= 0.3 is 0 Å². The Morgan fingerprint density at radius 3 is 2.64 bits per heavy atom. The van der Waals surface area contributed by atoms with Crippen LogP contribution in [0.15, 0.2) is 42.0 Å². The molecular formula is C20H27NO. The van der Waals surface area contributed by atoms with Crippen LogP contribution in [0.25, 0.3) is 0 Å². The SMILES string of the molecule is CCC(c1ccccc1)C1CCCN1C(=O)/C=C(\C)C1CC1. The molecular weight excluding hydrogens is 270 g/mol. The number of hydrogen-bond donors (Lipinski definition) is 0. The molecule has 2 aliphatic rings. The van der Waals surface area contributed by atoms with Gasteiger partial charge in [-0.3, -0.25) is 4.79 Å². The topological polar surface area (TPSA) is 20.3 Å². The molecule has 1 heterocycles. The first kappa shape index (κ1) is 15.3. The van der Waals surface area contributed by atoms with E-state index in [2.05, 4.69) is 49.1 Å². The molecule has 2 atom stereocenters. The van der Waals surface area contributed by atoms with E-state index in [-0.39, 0.29) is 5.91 Å². The Balaban J connectivity index is 1.76. The minimum absolute atomic E-state index is 0.237. The molecule has 2 fully saturated rings. The molecule has 1 saturated heterocycles. The molecule has 118 valence electrons. The maximum Gasteiger partial charge on any atom is 0.246 e. The predicted molar refractivity (Wildman–Crippen MR) is 90.7 cm³/mol. The molecule has 1 aliphatic carbocycles. The maximum atomic E-state index is 12.7. The van der Waals surface area contributed by atoms with Crippen molar-refractivity contribution in [2.75, 3.05) is 6.54 Å². The van der Waals surface area contributed by atoms with E-state index in [0.717, 1.165) is 25.8 Å². The lowest BCUT2D eigenvalue weighted by Crippen LogP contribution is -2.38. The molecule has 2 unspecified atom stereocenters. The van der Waals surface area contributed by atoms with Gasteiger partial charge in [0.25, 0.3) is 0 Å². The van der Waals surface area contributed by atoms with Gasteiger partial charge in [-0.25, -0.2) is 0 Å². The molecule has 0 aromatic heterocycles. The molecule has 2 heteroatoms. The van der Waals surface area contributed by atoms with Gasteiger partial charge in [0, 0.05) is 24.6 Å². The van der Waals surface area contributed by atoms with Gasteiger partial charge < -0.3 is 4.90 Å². The summed E-state index contributed by atoms with van der Waals surface area (Å²) < 4.78 is 0. The Morgan fingerprint density at radius 2 is 2.00 bits per heavy atom. The zero-order valence-corrected chi connectivity index (χ0v) is 13.8. The molecule has 1 aromatic rings. The highest BCUT2D eigenvalue weighted by atomic mass is 16.2. The molecule has 22 heavy (non-hydrogen) atoms. The van der Waals surface area contributed by atoms with Crippen LogP contribution in [0.1, 0.15) is 57.4 Å². The molecule has 3 rings (SSSR count). The van der Waals surface area contributed by atoms with Crippen molar-refractivity contribution in [1.29, 1.82) is 0 Å². The van der Waals surface area contributed by atoms with Crippen LogP contribution in [0.5, 0.6) is 0 Å². The van der Waals surface area contributed by atoms with Crippen LogP contribution in [-0.2, 0) is 4.79 Å². The molecule has 1 saturated carbocycles. The van der Waals surface area contributed by atoms with Crippen LogP contribution < -0.4 is 0 Å². The summed E-state index contributed by atoms with van der Waals surface area (Å²) in [5.41, 5.74) is 2.65. The number of amides is 1. The van der Waals surface area contributed by atoms with E-state index in [1.54, 1.807) is 0 Å². The maximum absolute atomic E-state index is 12.7. The fraction of sp³-hybridized carbons (Fsp3) is 0.550. The number of hydrogen-bond acceptors (Lipinski definition) is 1. The first-order valence-corrected chi connectivity index (χ1v) is 8.74. The monoisotopic (exact) mass is 297 g/mol. The zero-order valence-electron chi connectivity index (χ0n) is 13.8. The van der Waals surface area contributed by atoms with E-state index in [4.69, 9.17) is 0 Å². The average Bonchev–Trinajstić information content (AvgIpc) is 3.28. The highest BCUT2D eigenvalue weighted by Gasteiger charge is 2.34. The van der Waals surface area contributed by atoms with Crippen molar-refractivity contribution >= 4 is 5.91 Å². The molecule has 0 radical (unpaired) electrons. The number of rotatable bonds is 5. The summed E-state index contributed by atoms with van der Waals surface area (Å²) in [7, 11) is 0. The van der Waals surface area contributed by atoms with Gasteiger partial charge in [-0.15, -0.1) is 0 Å². The summed E-state index contributed by atoms with van der Waals surface area (Å²) >= 11 is 0. The molecule has 1 aliphatic heterocycles. The second-order valence-corrected chi connectivity index (χ2v) is 6.83. The van der Waals surface area contributed by atoms with Crippen LogP contribution in [0.3, 0.4) is 0 Å². The second kappa shape index (κ2) is 6.68. The Kier molecular flexibility index (Phi) is 4.66. The van der Waals surface area contributed by atoms with Gasteiger partial charge in [0.15, 0.2) is 0 Å². The summed E-state index contributed by atoms with van der Waals surface area (Å²) in [4.78, 5) is 14.8. The lowest BCUT2D eigenvalue weighted by Gasteiger charge is -2.31. The zero-order chi connectivity index (χ0) is 15.5.